The van der Waals surface area contributed by atoms with E-state index in [0.29, 0.717) is 0 Å². The smallest absolute Gasteiger partial charge is 0.0929 e. The number of nitrogens with one attached hydrogen (secondary N) is 1. The molecule has 1 heterocycles. The Morgan fingerprint density at radius 1 is 1.13 bits per heavy atom. The first-order chi connectivity index (χ1) is 7.40. The number of rotatable bonds is 3. The van der Waals surface area contributed by atoms with Crippen molar-refractivity contribution in [1.82, 2.24) is 10.2 Å². The van der Waals surface area contributed by atoms with Gasteiger partial charge in [0.15, 0.2) is 0 Å². The molecule has 3 heteroatoms. The quantitative estimate of drug-likeness (QED) is 0.825. The summed E-state index contributed by atoms with van der Waals surface area (Å²) in [6.45, 7) is 3.01. The minimum absolute atomic E-state index is 0.903. The van der Waals surface area contributed by atoms with Gasteiger partial charge in [0, 0.05) is 24.0 Å². The van der Waals surface area contributed by atoms with Crippen molar-refractivity contribution in [3.8, 4) is 11.3 Å². The highest BCUT2D eigenvalue weighted by molar-refractivity contribution is 5.61. The van der Waals surface area contributed by atoms with Gasteiger partial charge in [-0.1, -0.05) is 12.1 Å². The molecule has 0 amide bonds. The van der Waals surface area contributed by atoms with Crippen LogP contribution in [0.4, 0.5) is 5.69 Å². The zero-order chi connectivity index (χ0) is 10.5. The molecule has 1 N–H and O–H groups in total. The molecule has 2 aromatic rings. The fraction of sp³-hybridized carbons (Fsp3) is 0.167. The second-order valence-electron chi connectivity index (χ2n) is 3.22. The van der Waals surface area contributed by atoms with Crippen LogP contribution in [0.25, 0.3) is 11.3 Å². The van der Waals surface area contributed by atoms with Gasteiger partial charge in [-0.15, -0.1) is 0 Å². The highest BCUT2D eigenvalue weighted by Gasteiger charge is 1.98. The summed E-state index contributed by atoms with van der Waals surface area (Å²) >= 11 is 0. The lowest BCUT2D eigenvalue weighted by atomic mass is 10.1. The van der Waals surface area contributed by atoms with Crippen LogP contribution in [0.3, 0.4) is 0 Å². The molecule has 0 aliphatic carbocycles. The van der Waals surface area contributed by atoms with Crippen LogP contribution in [0.5, 0.6) is 0 Å². The van der Waals surface area contributed by atoms with Crippen LogP contribution in [-0.2, 0) is 0 Å². The molecule has 0 unspecified atom stereocenters. The zero-order valence-electron chi connectivity index (χ0n) is 8.64. The second-order valence-corrected chi connectivity index (χ2v) is 3.22. The van der Waals surface area contributed by atoms with E-state index >= 15 is 0 Å². The SMILES string of the molecule is CCNc1ccc(-c2cccnn2)cc1. The van der Waals surface area contributed by atoms with Gasteiger partial charge in [0.25, 0.3) is 0 Å². The van der Waals surface area contributed by atoms with E-state index in [2.05, 4.69) is 22.4 Å². The molecule has 0 atom stereocenters. The first-order valence-corrected chi connectivity index (χ1v) is 5.02. The Morgan fingerprint density at radius 3 is 2.53 bits per heavy atom. The van der Waals surface area contributed by atoms with Gasteiger partial charge in [-0.3, -0.25) is 0 Å². The van der Waals surface area contributed by atoms with E-state index in [-0.39, 0.29) is 0 Å². The Hall–Kier alpha value is -1.90. The van der Waals surface area contributed by atoms with E-state index in [1.807, 2.05) is 36.4 Å². The summed E-state index contributed by atoms with van der Waals surface area (Å²) < 4.78 is 0. The number of nitrogens with zero attached hydrogens (tertiary/aromatic N) is 2. The van der Waals surface area contributed by atoms with Crippen molar-refractivity contribution in [3.05, 3.63) is 42.6 Å². The van der Waals surface area contributed by atoms with Crippen molar-refractivity contribution in [3.63, 3.8) is 0 Å². The first-order valence-electron chi connectivity index (χ1n) is 5.02. The maximum Gasteiger partial charge on any atom is 0.0929 e. The highest BCUT2D eigenvalue weighted by atomic mass is 15.1. The third kappa shape index (κ3) is 2.31. The molecule has 76 valence electrons. The fourth-order valence-electron chi connectivity index (χ4n) is 1.42. The number of hydrogen-bond donors (Lipinski definition) is 1. The topological polar surface area (TPSA) is 37.8 Å². The van der Waals surface area contributed by atoms with Gasteiger partial charge < -0.3 is 5.32 Å². The molecule has 0 radical (unpaired) electrons. The maximum atomic E-state index is 4.05. The summed E-state index contributed by atoms with van der Waals surface area (Å²) in [6, 6.07) is 12.0. The molecule has 0 bridgehead atoms. The van der Waals surface area contributed by atoms with Crippen LogP contribution in [0.15, 0.2) is 42.6 Å². The summed E-state index contributed by atoms with van der Waals surface area (Å²) in [5.74, 6) is 0. The molecule has 0 saturated heterocycles. The van der Waals surface area contributed by atoms with Crippen molar-refractivity contribution in [1.29, 1.82) is 0 Å². The Bertz CT molecular complexity index is 409. The zero-order valence-corrected chi connectivity index (χ0v) is 8.64. The third-order valence-corrected chi connectivity index (χ3v) is 2.13. The van der Waals surface area contributed by atoms with E-state index in [9.17, 15) is 0 Å². The number of hydrogen-bond acceptors (Lipinski definition) is 3. The average Bonchev–Trinajstić information content (AvgIpc) is 2.32. The molecule has 0 fully saturated rings. The van der Waals surface area contributed by atoms with Crippen molar-refractivity contribution in [2.75, 3.05) is 11.9 Å². The summed E-state index contributed by atoms with van der Waals surface area (Å²) in [5, 5.41) is 11.2. The Labute approximate surface area is 89.2 Å². The van der Waals surface area contributed by atoms with Crippen LogP contribution in [0.1, 0.15) is 6.92 Å². The van der Waals surface area contributed by atoms with E-state index in [1.54, 1.807) is 6.20 Å². The van der Waals surface area contributed by atoms with Crippen LogP contribution in [0.2, 0.25) is 0 Å². The minimum Gasteiger partial charge on any atom is -0.385 e. The lowest BCUT2D eigenvalue weighted by molar-refractivity contribution is 1.04. The molecule has 2 rings (SSSR count). The van der Waals surface area contributed by atoms with Crippen molar-refractivity contribution in [2.45, 2.75) is 6.92 Å². The summed E-state index contributed by atoms with van der Waals surface area (Å²) in [4.78, 5) is 0. The standard InChI is InChI=1S/C12H13N3/c1-2-13-11-7-5-10(6-8-11)12-4-3-9-14-15-12/h3-9,13H,2H2,1H3. The predicted octanol–water partition coefficient (Wildman–Crippen LogP) is 2.58. The number of anilines is 1. The summed E-state index contributed by atoms with van der Waals surface area (Å²) in [7, 11) is 0. The maximum absolute atomic E-state index is 4.05. The molecule has 0 spiro atoms. The largest absolute Gasteiger partial charge is 0.385 e. The normalized spacial score (nSPS) is 9.93. The van der Waals surface area contributed by atoms with Crippen molar-refractivity contribution < 1.29 is 0 Å². The van der Waals surface area contributed by atoms with E-state index in [4.69, 9.17) is 0 Å². The Kier molecular flexibility index (Phi) is 2.93. The van der Waals surface area contributed by atoms with Gasteiger partial charge in [-0.2, -0.15) is 10.2 Å². The Morgan fingerprint density at radius 2 is 1.93 bits per heavy atom. The molecule has 0 aliphatic heterocycles. The molecular weight excluding hydrogens is 186 g/mol. The highest BCUT2D eigenvalue weighted by Crippen LogP contribution is 2.18. The minimum atomic E-state index is 0.903. The fourth-order valence-corrected chi connectivity index (χ4v) is 1.42. The van der Waals surface area contributed by atoms with Gasteiger partial charge >= 0.3 is 0 Å². The Balaban J connectivity index is 2.24. The van der Waals surface area contributed by atoms with E-state index < -0.39 is 0 Å². The van der Waals surface area contributed by atoms with Gasteiger partial charge in [0.1, 0.15) is 0 Å². The monoisotopic (exact) mass is 199 g/mol. The van der Waals surface area contributed by atoms with Gasteiger partial charge in [-0.05, 0) is 31.2 Å². The molecule has 15 heavy (non-hydrogen) atoms. The van der Waals surface area contributed by atoms with Crippen molar-refractivity contribution in [2.24, 2.45) is 0 Å². The van der Waals surface area contributed by atoms with Crippen molar-refractivity contribution >= 4 is 5.69 Å². The average molecular weight is 199 g/mol. The van der Waals surface area contributed by atoms with Gasteiger partial charge in [-0.25, -0.2) is 0 Å². The lowest BCUT2D eigenvalue weighted by Crippen LogP contribution is -1.95. The van der Waals surface area contributed by atoms with Crippen LogP contribution in [0, 0.1) is 0 Å². The van der Waals surface area contributed by atoms with E-state index in [0.717, 1.165) is 23.5 Å². The molecular formula is C12H13N3. The first kappa shape index (κ1) is 9.65. The second kappa shape index (κ2) is 4.55. The lowest BCUT2D eigenvalue weighted by Gasteiger charge is -2.04. The molecule has 0 saturated carbocycles. The van der Waals surface area contributed by atoms with Crippen LogP contribution >= 0.6 is 0 Å². The van der Waals surface area contributed by atoms with E-state index in [1.165, 1.54) is 0 Å². The molecule has 1 aromatic carbocycles. The van der Waals surface area contributed by atoms with Gasteiger partial charge in [0.2, 0.25) is 0 Å². The molecule has 0 aliphatic rings. The summed E-state index contributed by atoms with van der Waals surface area (Å²) in [6.07, 6.45) is 1.68. The van der Waals surface area contributed by atoms with Gasteiger partial charge in [0.05, 0.1) is 5.69 Å². The summed E-state index contributed by atoms with van der Waals surface area (Å²) in [5.41, 5.74) is 3.12. The van der Waals surface area contributed by atoms with Crippen LogP contribution < -0.4 is 5.32 Å². The third-order valence-electron chi connectivity index (χ3n) is 2.13. The molecule has 3 nitrogen and oxygen atoms in total. The predicted molar refractivity (Wildman–Crippen MR) is 61.6 cm³/mol. The molecule has 1 aromatic heterocycles. The van der Waals surface area contributed by atoms with Crippen LogP contribution in [-0.4, -0.2) is 16.7 Å². The number of aromatic nitrogens is 2. The number of benzene rings is 1.